The van der Waals surface area contributed by atoms with E-state index in [1.807, 2.05) is 24.3 Å². The predicted octanol–water partition coefficient (Wildman–Crippen LogP) is 4.38. The fraction of sp³-hybridized carbons (Fsp3) is 0.154. The molecule has 6 nitrogen and oxygen atoms in total. The number of Topliss-reactive ketones (excluding diaryl/α,β-unsaturated/α-hetero) is 1. The number of hydrogen-bond donors (Lipinski definition) is 0. The molecule has 3 aliphatic rings. The van der Waals surface area contributed by atoms with Crippen molar-refractivity contribution in [3.8, 4) is 0 Å². The zero-order valence-corrected chi connectivity index (χ0v) is 18.7. The molecule has 0 N–H and O–H groups in total. The maximum atomic E-state index is 13.8. The quantitative estimate of drug-likeness (QED) is 0.403. The van der Waals surface area contributed by atoms with E-state index in [2.05, 4.69) is 5.10 Å². The van der Waals surface area contributed by atoms with Gasteiger partial charge in [0.1, 0.15) is 17.7 Å². The number of carbonyl (C=O) groups excluding carboxylic acids is 3. The van der Waals surface area contributed by atoms with Crippen LogP contribution in [-0.2, 0) is 9.59 Å². The number of ketones is 1. The first-order chi connectivity index (χ1) is 16.9. The van der Waals surface area contributed by atoms with E-state index in [0.717, 1.165) is 22.1 Å². The molecule has 0 aromatic heterocycles. The molecule has 2 saturated heterocycles. The molecule has 3 aromatic carbocycles. The van der Waals surface area contributed by atoms with Crippen molar-refractivity contribution >= 4 is 41.1 Å². The minimum Gasteiger partial charge on any atom is -0.292 e. The average molecular weight is 492 g/mol. The van der Waals surface area contributed by atoms with Crippen LogP contribution in [0.2, 0.25) is 5.02 Å². The summed E-state index contributed by atoms with van der Waals surface area (Å²) in [7, 11) is 0. The fourth-order valence-corrected chi connectivity index (χ4v) is 5.51. The lowest BCUT2D eigenvalue weighted by Crippen LogP contribution is -2.44. The Morgan fingerprint density at radius 3 is 2.37 bits per heavy atom. The number of amides is 2. The number of benzene rings is 3. The van der Waals surface area contributed by atoms with Crippen LogP contribution in [0.4, 0.5) is 14.5 Å². The van der Waals surface area contributed by atoms with Crippen molar-refractivity contribution in [2.75, 3.05) is 4.90 Å². The highest BCUT2D eigenvalue weighted by molar-refractivity contribution is 6.31. The van der Waals surface area contributed by atoms with Gasteiger partial charge in [0.25, 0.3) is 0 Å². The Kier molecular flexibility index (Phi) is 4.82. The Hall–Kier alpha value is -3.91. The fourth-order valence-electron chi connectivity index (χ4n) is 5.33. The van der Waals surface area contributed by atoms with E-state index in [0.29, 0.717) is 0 Å². The van der Waals surface area contributed by atoms with Crippen LogP contribution >= 0.6 is 11.6 Å². The van der Waals surface area contributed by atoms with Crippen LogP contribution in [0.5, 0.6) is 0 Å². The zero-order valence-electron chi connectivity index (χ0n) is 17.9. The van der Waals surface area contributed by atoms with Crippen molar-refractivity contribution < 1.29 is 23.2 Å². The summed E-state index contributed by atoms with van der Waals surface area (Å²) in [5.74, 6) is -4.68. The first-order valence-electron chi connectivity index (χ1n) is 10.9. The summed E-state index contributed by atoms with van der Waals surface area (Å²) in [4.78, 5) is 42.1. The lowest BCUT2D eigenvalue weighted by molar-refractivity contribution is -0.124. The van der Waals surface area contributed by atoms with E-state index in [9.17, 15) is 23.2 Å². The summed E-state index contributed by atoms with van der Waals surface area (Å²) in [6.07, 6.45) is 1.60. The van der Waals surface area contributed by atoms with Gasteiger partial charge in [-0.2, -0.15) is 5.10 Å². The Morgan fingerprint density at radius 1 is 0.914 bits per heavy atom. The number of hydrogen-bond acceptors (Lipinski definition) is 5. The number of imide groups is 1. The van der Waals surface area contributed by atoms with Gasteiger partial charge in [-0.25, -0.2) is 13.7 Å². The van der Waals surface area contributed by atoms with Crippen LogP contribution in [-0.4, -0.2) is 34.9 Å². The number of rotatable bonds is 3. The van der Waals surface area contributed by atoms with Gasteiger partial charge in [0.05, 0.1) is 34.8 Å². The van der Waals surface area contributed by atoms with Crippen molar-refractivity contribution in [2.45, 2.75) is 12.1 Å². The highest BCUT2D eigenvalue weighted by atomic mass is 35.5. The largest absolute Gasteiger partial charge is 0.292 e. The van der Waals surface area contributed by atoms with E-state index in [4.69, 9.17) is 11.6 Å². The molecule has 0 spiro atoms. The second kappa shape index (κ2) is 7.81. The molecule has 0 aliphatic carbocycles. The Bertz CT molecular complexity index is 1440. The minimum atomic E-state index is -1.09. The number of nitrogens with zero attached hydrogens (tertiary/aromatic N) is 3. The van der Waals surface area contributed by atoms with Crippen molar-refractivity contribution in [1.29, 1.82) is 0 Å². The molecule has 2 amide bonds. The minimum absolute atomic E-state index is 0.132. The molecule has 6 rings (SSSR count). The van der Waals surface area contributed by atoms with Gasteiger partial charge in [-0.05, 0) is 53.6 Å². The Morgan fingerprint density at radius 2 is 1.63 bits per heavy atom. The molecule has 174 valence electrons. The Labute approximate surface area is 203 Å². The van der Waals surface area contributed by atoms with Crippen LogP contribution in [0.25, 0.3) is 0 Å². The van der Waals surface area contributed by atoms with Crippen molar-refractivity contribution in [3.63, 3.8) is 0 Å². The normalized spacial score (nSPS) is 24.4. The molecule has 0 saturated carbocycles. The lowest BCUT2D eigenvalue weighted by atomic mass is 9.83. The molecular weight excluding hydrogens is 476 g/mol. The molecule has 0 radical (unpaired) electrons. The molecule has 3 aliphatic heterocycles. The number of halogens is 3. The van der Waals surface area contributed by atoms with Gasteiger partial charge >= 0.3 is 0 Å². The first kappa shape index (κ1) is 21.6. The van der Waals surface area contributed by atoms with E-state index in [1.54, 1.807) is 6.21 Å². The zero-order chi connectivity index (χ0) is 24.4. The van der Waals surface area contributed by atoms with Gasteiger partial charge in [0.2, 0.25) is 11.8 Å². The van der Waals surface area contributed by atoms with Gasteiger partial charge in [-0.1, -0.05) is 35.9 Å². The van der Waals surface area contributed by atoms with Gasteiger partial charge in [0.15, 0.2) is 5.78 Å². The summed E-state index contributed by atoms with van der Waals surface area (Å²) < 4.78 is 27.3. The summed E-state index contributed by atoms with van der Waals surface area (Å²) in [6, 6.07) is 14.2. The van der Waals surface area contributed by atoms with Gasteiger partial charge in [-0.3, -0.25) is 19.4 Å². The summed E-state index contributed by atoms with van der Waals surface area (Å²) >= 11 is 5.92. The second-order valence-electron chi connectivity index (χ2n) is 8.68. The lowest BCUT2D eigenvalue weighted by Gasteiger charge is -2.33. The van der Waals surface area contributed by atoms with E-state index < -0.39 is 53.2 Å². The molecule has 35 heavy (non-hydrogen) atoms. The second-order valence-corrected chi connectivity index (χ2v) is 9.08. The van der Waals surface area contributed by atoms with E-state index in [-0.39, 0.29) is 16.3 Å². The maximum absolute atomic E-state index is 13.8. The summed E-state index contributed by atoms with van der Waals surface area (Å²) in [5, 5.41) is 5.77. The number of hydrazone groups is 1. The highest BCUT2D eigenvalue weighted by Gasteiger charge is 2.65. The molecular formula is C26H16ClF2N3O3. The standard InChI is InChI=1S/C26H16ClF2N3O3/c27-18-11-16(9-10-19(18)29)31-25(34)20-21(26(31)35)23(24(33)13-5-7-15(28)8-6-13)32-22(20)17-4-2-1-3-14(17)12-30-32/h1-12,20-23H/t20-,21+,22+,23-/m1/s1. The molecule has 3 aromatic rings. The monoisotopic (exact) mass is 491 g/mol. The summed E-state index contributed by atoms with van der Waals surface area (Å²) in [5.41, 5.74) is 1.89. The van der Waals surface area contributed by atoms with Crippen LogP contribution < -0.4 is 4.90 Å². The third-order valence-electron chi connectivity index (χ3n) is 6.85. The highest BCUT2D eigenvalue weighted by Crippen LogP contribution is 2.53. The van der Waals surface area contributed by atoms with Crippen molar-refractivity contribution in [2.24, 2.45) is 16.9 Å². The van der Waals surface area contributed by atoms with Gasteiger partial charge in [-0.15, -0.1) is 0 Å². The third-order valence-corrected chi connectivity index (χ3v) is 7.14. The third kappa shape index (κ3) is 3.13. The van der Waals surface area contributed by atoms with Crippen LogP contribution in [0.1, 0.15) is 27.5 Å². The van der Waals surface area contributed by atoms with Crippen molar-refractivity contribution in [3.05, 3.63) is 100 Å². The SMILES string of the molecule is O=C(c1ccc(F)cc1)[C@H]1[C@H]2C(=O)N(c3ccc(F)c(Cl)c3)C(=O)[C@H]2[C@@H]2c3ccccc3C=NN12. The molecule has 0 unspecified atom stereocenters. The van der Waals surface area contributed by atoms with Crippen LogP contribution in [0, 0.1) is 23.5 Å². The number of fused-ring (bicyclic) bond motifs is 5. The Balaban J connectivity index is 1.50. The molecule has 4 atom stereocenters. The summed E-state index contributed by atoms with van der Waals surface area (Å²) in [6.45, 7) is 0. The van der Waals surface area contributed by atoms with E-state index in [1.165, 1.54) is 41.4 Å². The molecule has 3 heterocycles. The molecule has 0 bridgehead atoms. The van der Waals surface area contributed by atoms with Gasteiger partial charge < -0.3 is 0 Å². The van der Waals surface area contributed by atoms with Crippen LogP contribution in [0.15, 0.2) is 71.8 Å². The molecule has 9 heteroatoms. The maximum Gasteiger partial charge on any atom is 0.240 e. The first-order valence-corrected chi connectivity index (χ1v) is 11.3. The number of carbonyl (C=O) groups is 3. The smallest absolute Gasteiger partial charge is 0.240 e. The van der Waals surface area contributed by atoms with Gasteiger partial charge in [0, 0.05) is 5.56 Å². The number of anilines is 1. The topological polar surface area (TPSA) is 70.0 Å². The molecule has 2 fully saturated rings. The van der Waals surface area contributed by atoms with E-state index >= 15 is 0 Å². The van der Waals surface area contributed by atoms with Crippen molar-refractivity contribution in [1.82, 2.24) is 5.01 Å². The van der Waals surface area contributed by atoms with Crippen LogP contribution in [0.3, 0.4) is 0 Å². The average Bonchev–Trinajstić information content (AvgIpc) is 3.33. The predicted molar refractivity (Wildman–Crippen MR) is 124 cm³/mol.